The molecule has 1 heterocycles. The summed E-state index contributed by atoms with van der Waals surface area (Å²) in [5.74, 6) is 1.63. The summed E-state index contributed by atoms with van der Waals surface area (Å²) in [4.78, 5) is 12.2. The van der Waals surface area contributed by atoms with Gasteiger partial charge in [0.1, 0.15) is 18.5 Å². The van der Waals surface area contributed by atoms with E-state index in [1.807, 2.05) is 24.3 Å². The van der Waals surface area contributed by atoms with Crippen LogP contribution in [0.5, 0.6) is 17.2 Å². The number of benzene rings is 2. The van der Waals surface area contributed by atoms with Crippen LogP contribution in [0.15, 0.2) is 48.5 Å². The zero-order chi connectivity index (χ0) is 21.6. The van der Waals surface area contributed by atoms with E-state index >= 15 is 0 Å². The average molecular weight is 435 g/mol. The Labute approximate surface area is 176 Å². The van der Waals surface area contributed by atoms with Gasteiger partial charge < -0.3 is 19.5 Å². The lowest BCUT2D eigenvalue weighted by molar-refractivity contribution is -0.121. The van der Waals surface area contributed by atoms with Crippen molar-refractivity contribution in [3.8, 4) is 17.2 Å². The molecule has 1 aliphatic heterocycles. The quantitative estimate of drug-likeness (QED) is 0.650. The van der Waals surface area contributed by atoms with Gasteiger partial charge in [0.25, 0.3) is 0 Å². The number of amides is 1. The lowest BCUT2D eigenvalue weighted by Crippen LogP contribution is -2.41. The second-order valence-corrected chi connectivity index (χ2v) is 8.82. The minimum absolute atomic E-state index is 0.170. The molecule has 1 amide bonds. The number of nitrogens with one attached hydrogen (secondary N) is 1. The first kappa shape index (κ1) is 21.8. The van der Waals surface area contributed by atoms with E-state index in [1.165, 1.54) is 11.4 Å². The highest BCUT2D eigenvalue weighted by molar-refractivity contribution is 7.92. The monoisotopic (exact) mass is 434 g/mol. The van der Waals surface area contributed by atoms with E-state index in [1.54, 1.807) is 24.3 Å². The molecule has 0 bridgehead atoms. The molecular formula is C21H26N2O6S. The molecule has 0 aliphatic carbocycles. The molecule has 0 radical (unpaired) electrons. The summed E-state index contributed by atoms with van der Waals surface area (Å²) < 4.78 is 42.5. The molecule has 1 unspecified atom stereocenters. The Bertz CT molecular complexity index is 979. The molecule has 9 heteroatoms. The first-order valence-corrected chi connectivity index (χ1v) is 11.5. The predicted octanol–water partition coefficient (Wildman–Crippen LogP) is 2.20. The zero-order valence-electron chi connectivity index (χ0n) is 17.0. The normalized spacial score (nSPS) is 15.3. The van der Waals surface area contributed by atoms with Crippen LogP contribution in [0.1, 0.15) is 12.8 Å². The number of sulfonamides is 1. The van der Waals surface area contributed by atoms with E-state index in [0.29, 0.717) is 42.5 Å². The lowest BCUT2D eigenvalue weighted by Gasteiger charge is -2.26. The van der Waals surface area contributed by atoms with Gasteiger partial charge in [0.2, 0.25) is 15.9 Å². The van der Waals surface area contributed by atoms with E-state index < -0.39 is 10.0 Å². The number of hydrogen-bond acceptors (Lipinski definition) is 6. The van der Waals surface area contributed by atoms with Crippen LogP contribution >= 0.6 is 0 Å². The molecule has 1 atom stereocenters. The van der Waals surface area contributed by atoms with E-state index in [-0.39, 0.29) is 25.0 Å². The zero-order valence-corrected chi connectivity index (χ0v) is 17.9. The fourth-order valence-electron chi connectivity index (χ4n) is 3.16. The van der Waals surface area contributed by atoms with Gasteiger partial charge in [-0.3, -0.25) is 9.10 Å². The van der Waals surface area contributed by atoms with Crippen LogP contribution in [0.4, 0.5) is 5.69 Å². The highest BCUT2D eigenvalue weighted by Crippen LogP contribution is 2.31. The number of ether oxygens (including phenoxy) is 3. The van der Waals surface area contributed by atoms with Gasteiger partial charge in [-0.05, 0) is 30.7 Å². The van der Waals surface area contributed by atoms with Crippen molar-refractivity contribution in [3.63, 3.8) is 0 Å². The molecule has 0 saturated heterocycles. The van der Waals surface area contributed by atoms with Crippen molar-refractivity contribution in [3.05, 3.63) is 48.5 Å². The summed E-state index contributed by atoms with van der Waals surface area (Å²) in [6, 6.07) is 14.3. The molecule has 0 fully saturated rings. The van der Waals surface area contributed by atoms with E-state index in [4.69, 9.17) is 14.2 Å². The van der Waals surface area contributed by atoms with Crippen LogP contribution in [0.25, 0.3) is 0 Å². The predicted molar refractivity (Wildman–Crippen MR) is 114 cm³/mol. The van der Waals surface area contributed by atoms with Crippen molar-refractivity contribution in [1.82, 2.24) is 5.32 Å². The van der Waals surface area contributed by atoms with Crippen LogP contribution < -0.4 is 23.8 Å². The maximum Gasteiger partial charge on any atom is 0.232 e. The number of nitrogens with zero attached hydrogens (tertiary/aromatic N) is 1. The highest BCUT2D eigenvalue weighted by atomic mass is 32.2. The van der Waals surface area contributed by atoms with Crippen molar-refractivity contribution < 1.29 is 27.4 Å². The number of fused-ring (bicyclic) bond motifs is 1. The first-order chi connectivity index (χ1) is 14.4. The summed E-state index contributed by atoms with van der Waals surface area (Å²) in [6.45, 7) is 0.839. The second-order valence-electron chi connectivity index (χ2n) is 6.91. The van der Waals surface area contributed by atoms with Gasteiger partial charge in [-0.25, -0.2) is 8.42 Å². The molecule has 0 spiro atoms. The SMILES string of the molecule is COc1ccccc1N(CCCC(=O)NCC1COc2ccccc2O1)S(C)(=O)=O. The minimum Gasteiger partial charge on any atom is -0.495 e. The maximum absolute atomic E-state index is 12.2. The van der Waals surface area contributed by atoms with Gasteiger partial charge >= 0.3 is 0 Å². The third-order valence-corrected chi connectivity index (χ3v) is 5.79. The summed E-state index contributed by atoms with van der Waals surface area (Å²) in [5.41, 5.74) is 0.453. The van der Waals surface area contributed by atoms with Gasteiger partial charge in [0.05, 0.1) is 25.6 Å². The third-order valence-electron chi connectivity index (χ3n) is 4.61. The van der Waals surface area contributed by atoms with Gasteiger partial charge in [-0.15, -0.1) is 0 Å². The Kier molecular flexibility index (Phi) is 7.04. The van der Waals surface area contributed by atoms with E-state index in [9.17, 15) is 13.2 Å². The van der Waals surface area contributed by atoms with Crippen molar-refractivity contribution >= 4 is 21.6 Å². The van der Waals surface area contributed by atoms with Crippen LogP contribution in [0, 0.1) is 0 Å². The smallest absolute Gasteiger partial charge is 0.232 e. The summed E-state index contributed by atoms with van der Waals surface area (Å²) in [7, 11) is -2.03. The van der Waals surface area contributed by atoms with Crippen molar-refractivity contribution in [2.75, 3.05) is 37.4 Å². The van der Waals surface area contributed by atoms with Gasteiger partial charge in [-0.1, -0.05) is 24.3 Å². The van der Waals surface area contributed by atoms with Gasteiger partial charge in [-0.2, -0.15) is 0 Å². The van der Waals surface area contributed by atoms with Gasteiger partial charge in [0.15, 0.2) is 11.5 Å². The molecule has 2 aromatic carbocycles. The summed E-state index contributed by atoms with van der Waals surface area (Å²) in [5, 5.41) is 2.82. The Morgan fingerprint density at radius 3 is 2.60 bits per heavy atom. The van der Waals surface area contributed by atoms with Crippen molar-refractivity contribution in [2.24, 2.45) is 0 Å². The van der Waals surface area contributed by atoms with Crippen LogP contribution in [-0.2, 0) is 14.8 Å². The van der Waals surface area contributed by atoms with Gasteiger partial charge in [0, 0.05) is 13.0 Å². The van der Waals surface area contributed by atoms with Crippen LogP contribution in [0.2, 0.25) is 0 Å². The topological polar surface area (TPSA) is 94.2 Å². The number of hydrogen-bond donors (Lipinski definition) is 1. The molecule has 30 heavy (non-hydrogen) atoms. The van der Waals surface area contributed by atoms with E-state index in [0.717, 1.165) is 6.26 Å². The fraction of sp³-hybridized carbons (Fsp3) is 0.381. The standard InChI is InChI=1S/C21H26N2O6S/c1-27-18-9-4-3-8-17(18)23(30(2,25)26)13-7-12-21(24)22-14-16-15-28-19-10-5-6-11-20(19)29-16/h3-6,8-11,16H,7,12-15H2,1-2H3,(H,22,24). The number of rotatable bonds is 9. The number of para-hydroxylation sites is 4. The maximum atomic E-state index is 12.2. The molecule has 0 saturated carbocycles. The molecule has 3 rings (SSSR count). The Hall–Kier alpha value is -2.94. The van der Waals surface area contributed by atoms with Crippen LogP contribution in [-0.4, -0.2) is 53.5 Å². The largest absolute Gasteiger partial charge is 0.495 e. The molecule has 0 aromatic heterocycles. The van der Waals surface area contributed by atoms with Crippen LogP contribution in [0.3, 0.4) is 0 Å². The summed E-state index contributed by atoms with van der Waals surface area (Å²) in [6.07, 6.45) is 1.41. The number of carbonyl (C=O) groups excluding carboxylic acids is 1. The van der Waals surface area contributed by atoms with E-state index in [2.05, 4.69) is 5.32 Å². The Morgan fingerprint density at radius 1 is 1.17 bits per heavy atom. The fourth-order valence-corrected chi connectivity index (χ4v) is 4.13. The number of carbonyl (C=O) groups is 1. The molecule has 1 aliphatic rings. The second kappa shape index (κ2) is 9.71. The van der Waals surface area contributed by atoms with Crippen molar-refractivity contribution in [2.45, 2.75) is 18.9 Å². The molecular weight excluding hydrogens is 408 g/mol. The minimum atomic E-state index is -3.52. The third kappa shape index (κ3) is 5.56. The molecule has 2 aromatic rings. The number of anilines is 1. The number of methoxy groups -OCH3 is 1. The average Bonchev–Trinajstić information content (AvgIpc) is 2.74. The molecule has 1 N–H and O–H groups in total. The molecule has 8 nitrogen and oxygen atoms in total. The Morgan fingerprint density at radius 2 is 1.87 bits per heavy atom. The highest BCUT2D eigenvalue weighted by Gasteiger charge is 2.22. The molecule has 162 valence electrons. The first-order valence-electron chi connectivity index (χ1n) is 9.64. The van der Waals surface area contributed by atoms with Crippen molar-refractivity contribution in [1.29, 1.82) is 0 Å². The lowest BCUT2D eigenvalue weighted by atomic mass is 10.2. The Balaban J connectivity index is 1.49. The summed E-state index contributed by atoms with van der Waals surface area (Å²) >= 11 is 0.